The predicted molar refractivity (Wildman–Crippen MR) is 110 cm³/mol. The molecule has 28 heavy (non-hydrogen) atoms. The molecule has 0 spiro atoms. The molecule has 0 aromatic carbocycles. The van der Waals surface area contributed by atoms with E-state index < -0.39 is 12.1 Å². The van der Waals surface area contributed by atoms with Crippen LogP contribution in [0.15, 0.2) is 17.5 Å². The van der Waals surface area contributed by atoms with E-state index in [2.05, 4.69) is 36.5 Å². The summed E-state index contributed by atoms with van der Waals surface area (Å²) in [5.41, 5.74) is 3.53. The highest BCUT2D eigenvalue weighted by molar-refractivity contribution is 9.09. The van der Waals surface area contributed by atoms with Crippen LogP contribution in [-0.2, 0) is 20.9 Å². The van der Waals surface area contributed by atoms with Crippen LogP contribution in [0.3, 0.4) is 0 Å². The Bertz CT molecular complexity index is 891. The molecule has 0 bridgehead atoms. The fourth-order valence-electron chi connectivity index (χ4n) is 3.89. The van der Waals surface area contributed by atoms with Gasteiger partial charge in [0, 0.05) is 30.8 Å². The largest absolute Gasteiger partial charge is 0.451 e. The van der Waals surface area contributed by atoms with Crippen molar-refractivity contribution in [3.63, 3.8) is 0 Å². The molecule has 9 heteroatoms. The summed E-state index contributed by atoms with van der Waals surface area (Å²) in [7, 11) is 0. The van der Waals surface area contributed by atoms with Crippen LogP contribution in [0.25, 0.3) is 11.0 Å². The number of hydrogen-bond donors (Lipinski definition) is 1. The van der Waals surface area contributed by atoms with Crippen LogP contribution < -0.4 is 5.32 Å². The van der Waals surface area contributed by atoms with E-state index in [4.69, 9.17) is 9.57 Å². The molecule has 1 atom stereocenters. The molecule has 0 radical (unpaired) electrons. The fraction of sp³-hybridized carbons (Fsp3) is 0.579. The van der Waals surface area contributed by atoms with E-state index in [1.54, 1.807) is 0 Å². The number of aryl methyl sites for hydroxylation is 1. The Morgan fingerprint density at radius 1 is 1.36 bits per heavy atom. The summed E-state index contributed by atoms with van der Waals surface area (Å²) in [6.07, 6.45) is 9.37. The van der Waals surface area contributed by atoms with E-state index in [1.807, 2.05) is 24.0 Å². The molecular weight excluding hydrogens is 426 g/mol. The Morgan fingerprint density at radius 3 is 2.93 bits per heavy atom. The summed E-state index contributed by atoms with van der Waals surface area (Å²) in [4.78, 5) is 21.9. The Labute approximate surface area is 171 Å². The first-order valence-electron chi connectivity index (χ1n) is 9.78. The third-order valence-corrected chi connectivity index (χ3v) is 5.59. The molecule has 0 amide bonds. The van der Waals surface area contributed by atoms with Crippen LogP contribution in [0.5, 0.6) is 0 Å². The number of ether oxygens (including phenoxy) is 1. The molecule has 1 N–H and O–H groups in total. The van der Waals surface area contributed by atoms with Gasteiger partial charge in [-0.2, -0.15) is 5.10 Å². The second-order valence-corrected chi connectivity index (χ2v) is 7.59. The van der Waals surface area contributed by atoms with E-state index in [1.165, 1.54) is 19.3 Å². The lowest BCUT2D eigenvalue weighted by Gasteiger charge is -2.25. The smallest absolute Gasteiger partial charge is 0.351 e. The molecule has 1 aliphatic carbocycles. The number of halogens is 1. The van der Waals surface area contributed by atoms with E-state index >= 15 is 0 Å². The zero-order valence-corrected chi connectivity index (χ0v) is 17.4. The highest BCUT2D eigenvalue weighted by Crippen LogP contribution is 2.32. The Hall–Kier alpha value is -2.16. The van der Waals surface area contributed by atoms with Gasteiger partial charge >= 0.3 is 5.97 Å². The summed E-state index contributed by atoms with van der Waals surface area (Å²) >= 11 is 3.09. The van der Waals surface area contributed by atoms with Crippen LogP contribution in [0.4, 0.5) is 5.69 Å². The third-order valence-electron chi connectivity index (χ3n) is 5.36. The van der Waals surface area contributed by atoms with Gasteiger partial charge in [-0.15, -0.1) is 0 Å². The zero-order chi connectivity index (χ0) is 19.5. The number of nitrogens with zero attached hydrogens (tertiary/aromatic N) is 4. The molecule has 150 valence electrons. The standard InChI is InChI=1S/C19H24BrN5O3/c1-2-25-18-14(10-22-25)17(23-12-6-4-3-5-7-12)13(9-21-18)15-8-16(28-24-15)19(26)27-11-20/h9-10,12,16H,2-8,11H2,1H3,(H,21,23). The van der Waals surface area contributed by atoms with Crippen molar-refractivity contribution in [2.75, 3.05) is 10.8 Å². The van der Waals surface area contributed by atoms with Gasteiger partial charge in [-0.05, 0) is 35.7 Å². The summed E-state index contributed by atoms with van der Waals surface area (Å²) in [5, 5.41) is 13.3. The van der Waals surface area contributed by atoms with Gasteiger partial charge in [0.25, 0.3) is 0 Å². The van der Waals surface area contributed by atoms with Gasteiger partial charge in [-0.3, -0.25) is 0 Å². The maximum atomic E-state index is 12.0. The molecule has 1 saturated carbocycles. The van der Waals surface area contributed by atoms with Crippen molar-refractivity contribution in [1.82, 2.24) is 14.8 Å². The number of anilines is 1. The van der Waals surface area contributed by atoms with Crippen molar-refractivity contribution >= 4 is 44.3 Å². The SMILES string of the molecule is CCn1ncc2c(NC3CCCCC3)c(C3=NOC(C(=O)OCBr)C3)cnc21. The normalized spacial score (nSPS) is 20.1. The second kappa shape index (κ2) is 8.46. The molecule has 1 unspecified atom stereocenters. The molecule has 2 aliphatic rings. The van der Waals surface area contributed by atoms with E-state index in [-0.39, 0.29) is 5.52 Å². The lowest BCUT2D eigenvalue weighted by molar-refractivity contribution is -0.152. The highest BCUT2D eigenvalue weighted by Gasteiger charge is 2.32. The average Bonchev–Trinajstić information content (AvgIpc) is 3.36. The zero-order valence-electron chi connectivity index (χ0n) is 15.9. The number of carbonyl (C=O) groups is 1. The summed E-state index contributed by atoms with van der Waals surface area (Å²) in [6.45, 7) is 2.80. The van der Waals surface area contributed by atoms with Crippen LogP contribution in [-0.4, -0.2) is 44.1 Å². The fourth-order valence-corrected chi connectivity index (χ4v) is 4.12. The van der Waals surface area contributed by atoms with Gasteiger partial charge in [0.2, 0.25) is 6.10 Å². The number of pyridine rings is 1. The minimum Gasteiger partial charge on any atom is -0.451 e. The molecule has 1 fully saturated rings. The highest BCUT2D eigenvalue weighted by atomic mass is 79.9. The average molecular weight is 450 g/mol. The minimum atomic E-state index is -0.718. The second-order valence-electron chi connectivity index (χ2n) is 7.13. The Balaban J connectivity index is 1.67. The first-order valence-corrected chi connectivity index (χ1v) is 10.9. The van der Waals surface area contributed by atoms with E-state index in [0.29, 0.717) is 18.2 Å². The number of esters is 1. The maximum absolute atomic E-state index is 12.0. The number of oxime groups is 1. The van der Waals surface area contributed by atoms with Gasteiger partial charge < -0.3 is 14.9 Å². The number of nitrogens with one attached hydrogen (secondary N) is 1. The quantitative estimate of drug-likeness (QED) is 0.535. The van der Waals surface area contributed by atoms with Crippen LogP contribution in [0.1, 0.15) is 51.0 Å². The van der Waals surface area contributed by atoms with Crippen LogP contribution in [0, 0.1) is 0 Å². The summed E-state index contributed by atoms with van der Waals surface area (Å²) in [5.74, 6) is -0.426. The molecule has 8 nitrogen and oxygen atoms in total. The molecular formula is C19H24BrN5O3. The molecule has 4 rings (SSSR count). The van der Waals surface area contributed by atoms with Gasteiger partial charge in [0.15, 0.2) is 5.65 Å². The van der Waals surface area contributed by atoms with Gasteiger partial charge in [0.1, 0.15) is 5.52 Å². The van der Waals surface area contributed by atoms with Gasteiger partial charge in [-0.1, -0.05) is 24.4 Å². The maximum Gasteiger partial charge on any atom is 0.351 e. The summed E-state index contributed by atoms with van der Waals surface area (Å²) in [6, 6.07) is 0.417. The first kappa shape index (κ1) is 19.2. The summed E-state index contributed by atoms with van der Waals surface area (Å²) < 4.78 is 6.87. The van der Waals surface area contributed by atoms with Crippen molar-refractivity contribution < 1.29 is 14.4 Å². The number of rotatable bonds is 6. The Morgan fingerprint density at radius 2 is 2.18 bits per heavy atom. The van der Waals surface area contributed by atoms with Gasteiger partial charge in [0.05, 0.1) is 23.0 Å². The van der Waals surface area contributed by atoms with Crippen LogP contribution >= 0.6 is 15.9 Å². The van der Waals surface area contributed by atoms with Crippen molar-refractivity contribution in [3.8, 4) is 0 Å². The Kier molecular flexibility index (Phi) is 5.79. The number of carbonyl (C=O) groups excluding carboxylic acids is 1. The van der Waals surface area contributed by atoms with Crippen molar-refractivity contribution in [1.29, 1.82) is 0 Å². The van der Waals surface area contributed by atoms with Crippen molar-refractivity contribution in [2.24, 2.45) is 5.16 Å². The lowest BCUT2D eigenvalue weighted by Crippen LogP contribution is -2.25. The van der Waals surface area contributed by atoms with E-state index in [0.717, 1.165) is 41.7 Å². The third kappa shape index (κ3) is 3.72. The van der Waals surface area contributed by atoms with Gasteiger partial charge in [-0.25, -0.2) is 14.5 Å². The number of hydrogen-bond acceptors (Lipinski definition) is 7. The monoisotopic (exact) mass is 449 g/mol. The molecule has 3 heterocycles. The molecule has 2 aromatic rings. The minimum absolute atomic E-state index is 0.138. The van der Waals surface area contributed by atoms with Crippen molar-refractivity contribution in [2.45, 2.75) is 64.1 Å². The topological polar surface area (TPSA) is 90.6 Å². The predicted octanol–water partition coefficient (Wildman–Crippen LogP) is 3.58. The van der Waals surface area contributed by atoms with Crippen LogP contribution in [0.2, 0.25) is 0 Å². The first-order chi connectivity index (χ1) is 13.7. The number of alkyl halides is 1. The number of aromatic nitrogens is 3. The lowest BCUT2D eigenvalue weighted by atomic mass is 9.94. The molecule has 0 saturated heterocycles. The molecule has 2 aromatic heterocycles. The number of fused-ring (bicyclic) bond motifs is 1. The van der Waals surface area contributed by atoms with E-state index in [9.17, 15) is 4.79 Å². The molecule has 1 aliphatic heterocycles. The van der Waals surface area contributed by atoms with Crippen molar-refractivity contribution in [3.05, 3.63) is 18.0 Å².